The predicted octanol–water partition coefficient (Wildman–Crippen LogP) is 2.58. The molecular formula is C15H20ClN3. The Hall–Kier alpha value is -1.16. The summed E-state index contributed by atoms with van der Waals surface area (Å²) in [6.07, 6.45) is 4.36. The third-order valence-electron chi connectivity index (χ3n) is 3.60. The zero-order valence-corrected chi connectivity index (χ0v) is 11.8. The van der Waals surface area contributed by atoms with Gasteiger partial charge in [0.2, 0.25) is 0 Å². The first-order valence-electron chi connectivity index (χ1n) is 6.63. The van der Waals surface area contributed by atoms with Crippen molar-refractivity contribution >= 4 is 23.3 Å². The maximum Gasteiger partial charge on any atom is 0.0702 e. The van der Waals surface area contributed by atoms with Crippen molar-refractivity contribution < 1.29 is 0 Å². The fourth-order valence-electron chi connectivity index (χ4n) is 2.70. The maximum absolute atomic E-state index is 6.01. The number of rotatable bonds is 2. The molecule has 0 aliphatic carbocycles. The molecule has 19 heavy (non-hydrogen) atoms. The maximum atomic E-state index is 6.01. The van der Waals surface area contributed by atoms with Crippen molar-refractivity contribution in [1.29, 1.82) is 0 Å². The molecule has 0 radical (unpaired) electrons. The van der Waals surface area contributed by atoms with Gasteiger partial charge in [0.1, 0.15) is 0 Å². The van der Waals surface area contributed by atoms with Gasteiger partial charge in [-0.05, 0) is 37.1 Å². The minimum absolute atomic E-state index is 0. The number of piperidine rings is 1. The molecule has 2 heterocycles. The summed E-state index contributed by atoms with van der Waals surface area (Å²) in [5.41, 5.74) is 8.36. The van der Waals surface area contributed by atoms with Crippen LogP contribution < -0.4 is 5.73 Å². The molecular weight excluding hydrogens is 258 g/mol. The van der Waals surface area contributed by atoms with Gasteiger partial charge in [0.15, 0.2) is 0 Å². The summed E-state index contributed by atoms with van der Waals surface area (Å²) >= 11 is 0. The normalized spacial score (nSPS) is 20.2. The van der Waals surface area contributed by atoms with Crippen molar-refractivity contribution in [2.24, 2.45) is 5.73 Å². The molecule has 1 aromatic heterocycles. The molecule has 2 aromatic rings. The second-order valence-electron chi connectivity index (χ2n) is 5.17. The van der Waals surface area contributed by atoms with Crippen LogP contribution in [0.2, 0.25) is 0 Å². The Bertz CT molecular complexity index is 544. The van der Waals surface area contributed by atoms with E-state index in [-0.39, 0.29) is 12.4 Å². The third kappa shape index (κ3) is 3.44. The van der Waals surface area contributed by atoms with Gasteiger partial charge >= 0.3 is 0 Å². The number of nitrogens with two attached hydrogens (primary N) is 1. The Balaban J connectivity index is 0.00000133. The second kappa shape index (κ2) is 6.33. The monoisotopic (exact) mass is 277 g/mol. The predicted molar refractivity (Wildman–Crippen MR) is 81.5 cm³/mol. The van der Waals surface area contributed by atoms with Gasteiger partial charge in [0, 0.05) is 30.7 Å². The van der Waals surface area contributed by atoms with Gasteiger partial charge in [0.05, 0.1) is 5.52 Å². The smallest absolute Gasteiger partial charge is 0.0702 e. The average Bonchev–Trinajstić information content (AvgIpc) is 2.39. The molecule has 3 nitrogen and oxygen atoms in total. The van der Waals surface area contributed by atoms with Crippen molar-refractivity contribution in [3.63, 3.8) is 0 Å². The van der Waals surface area contributed by atoms with E-state index in [1.54, 1.807) is 0 Å². The molecule has 3 rings (SSSR count). The molecule has 4 heteroatoms. The highest BCUT2D eigenvalue weighted by Gasteiger charge is 2.16. The fourth-order valence-corrected chi connectivity index (χ4v) is 2.70. The molecule has 0 saturated carbocycles. The van der Waals surface area contributed by atoms with Crippen LogP contribution in [0.1, 0.15) is 18.4 Å². The van der Waals surface area contributed by atoms with Crippen LogP contribution in [-0.4, -0.2) is 29.0 Å². The van der Waals surface area contributed by atoms with Crippen molar-refractivity contribution in [2.45, 2.75) is 25.4 Å². The summed E-state index contributed by atoms with van der Waals surface area (Å²) in [6.45, 7) is 3.12. The quantitative estimate of drug-likeness (QED) is 0.917. The SMILES string of the molecule is Cl.NC1CCCN(Cc2cnc3ccccc3c2)C1. The summed E-state index contributed by atoms with van der Waals surface area (Å²) < 4.78 is 0. The van der Waals surface area contributed by atoms with E-state index in [1.807, 2.05) is 12.3 Å². The molecule has 1 unspecified atom stereocenters. The van der Waals surface area contributed by atoms with Crippen molar-refractivity contribution in [2.75, 3.05) is 13.1 Å². The van der Waals surface area contributed by atoms with Gasteiger partial charge in [-0.2, -0.15) is 0 Å². The lowest BCUT2D eigenvalue weighted by Crippen LogP contribution is -2.42. The number of aromatic nitrogens is 1. The molecule has 1 aliphatic heterocycles. The van der Waals surface area contributed by atoms with Crippen LogP contribution in [0.25, 0.3) is 10.9 Å². The first-order valence-corrected chi connectivity index (χ1v) is 6.63. The van der Waals surface area contributed by atoms with Crippen LogP contribution in [0.4, 0.5) is 0 Å². The van der Waals surface area contributed by atoms with Crippen LogP contribution in [0.5, 0.6) is 0 Å². The van der Waals surface area contributed by atoms with E-state index in [2.05, 4.69) is 34.1 Å². The lowest BCUT2D eigenvalue weighted by atomic mass is 10.1. The van der Waals surface area contributed by atoms with E-state index in [0.29, 0.717) is 6.04 Å². The highest BCUT2D eigenvalue weighted by Crippen LogP contribution is 2.16. The standard InChI is InChI=1S/C15H19N3.ClH/c16-14-5-3-7-18(11-14)10-12-8-13-4-1-2-6-15(13)17-9-12;/h1-2,4,6,8-9,14H,3,5,7,10-11,16H2;1H. The van der Waals surface area contributed by atoms with Gasteiger partial charge in [-0.25, -0.2) is 0 Å². The zero-order chi connectivity index (χ0) is 12.4. The van der Waals surface area contributed by atoms with Crippen LogP contribution in [0.3, 0.4) is 0 Å². The first kappa shape index (κ1) is 14.3. The van der Waals surface area contributed by atoms with Crippen LogP contribution in [0.15, 0.2) is 36.5 Å². The van der Waals surface area contributed by atoms with Crippen molar-refractivity contribution in [3.05, 3.63) is 42.1 Å². The number of likely N-dealkylation sites (tertiary alicyclic amines) is 1. The number of para-hydroxylation sites is 1. The van der Waals surface area contributed by atoms with Crippen LogP contribution in [-0.2, 0) is 6.54 Å². The van der Waals surface area contributed by atoms with E-state index < -0.39 is 0 Å². The lowest BCUT2D eigenvalue weighted by Gasteiger charge is -2.30. The number of benzene rings is 1. The highest BCUT2D eigenvalue weighted by atomic mass is 35.5. The Labute approximate surface area is 120 Å². The average molecular weight is 278 g/mol. The topological polar surface area (TPSA) is 42.1 Å². The van der Waals surface area contributed by atoms with Crippen molar-refractivity contribution in [1.82, 2.24) is 9.88 Å². The van der Waals surface area contributed by atoms with Crippen molar-refractivity contribution in [3.8, 4) is 0 Å². The van der Waals surface area contributed by atoms with Gasteiger partial charge in [0.25, 0.3) is 0 Å². The molecule has 1 saturated heterocycles. The Morgan fingerprint density at radius 2 is 2.16 bits per heavy atom. The molecule has 1 fully saturated rings. The highest BCUT2D eigenvalue weighted by molar-refractivity contribution is 5.85. The van der Waals surface area contributed by atoms with Gasteiger partial charge in [-0.1, -0.05) is 18.2 Å². The van der Waals surface area contributed by atoms with Gasteiger partial charge < -0.3 is 5.73 Å². The molecule has 0 amide bonds. The minimum atomic E-state index is 0. The number of hydrogen-bond donors (Lipinski definition) is 1. The Kier molecular flexibility index (Phi) is 4.75. The summed E-state index contributed by atoms with van der Waals surface area (Å²) in [6, 6.07) is 10.8. The van der Waals surface area contributed by atoms with Crippen LogP contribution in [0, 0.1) is 0 Å². The molecule has 1 atom stereocenters. The number of fused-ring (bicyclic) bond motifs is 1. The molecule has 102 valence electrons. The Morgan fingerprint density at radius 1 is 1.32 bits per heavy atom. The van der Waals surface area contributed by atoms with E-state index >= 15 is 0 Å². The summed E-state index contributed by atoms with van der Waals surface area (Å²) in [7, 11) is 0. The molecule has 0 spiro atoms. The summed E-state index contributed by atoms with van der Waals surface area (Å²) in [5.74, 6) is 0. The number of hydrogen-bond acceptors (Lipinski definition) is 3. The Morgan fingerprint density at radius 3 is 3.00 bits per heavy atom. The minimum Gasteiger partial charge on any atom is -0.327 e. The van der Waals surface area contributed by atoms with E-state index in [1.165, 1.54) is 17.4 Å². The molecule has 1 aliphatic rings. The largest absolute Gasteiger partial charge is 0.327 e. The molecule has 1 aromatic carbocycles. The van der Waals surface area contributed by atoms with E-state index in [9.17, 15) is 0 Å². The molecule has 0 bridgehead atoms. The van der Waals surface area contributed by atoms with Crippen LogP contribution >= 0.6 is 12.4 Å². The fraction of sp³-hybridized carbons (Fsp3) is 0.400. The third-order valence-corrected chi connectivity index (χ3v) is 3.60. The molecule has 2 N–H and O–H groups in total. The van der Waals surface area contributed by atoms with E-state index in [0.717, 1.165) is 31.6 Å². The number of nitrogens with zero attached hydrogens (tertiary/aromatic N) is 2. The number of pyridine rings is 1. The first-order chi connectivity index (χ1) is 8.81. The second-order valence-corrected chi connectivity index (χ2v) is 5.17. The zero-order valence-electron chi connectivity index (χ0n) is 11.0. The summed E-state index contributed by atoms with van der Waals surface area (Å²) in [4.78, 5) is 6.94. The lowest BCUT2D eigenvalue weighted by molar-refractivity contribution is 0.201. The van der Waals surface area contributed by atoms with Gasteiger partial charge in [-0.15, -0.1) is 12.4 Å². The van der Waals surface area contributed by atoms with Gasteiger partial charge in [-0.3, -0.25) is 9.88 Å². The summed E-state index contributed by atoms with van der Waals surface area (Å²) in [5, 5.41) is 1.22. The van der Waals surface area contributed by atoms with E-state index in [4.69, 9.17) is 5.73 Å². The number of halogens is 1.